The topological polar surface area (TPSA) is 148 Å². The molecule has 0 fully saturated rings. The summed E-state index contributed by atoms with van der Waals surface area (Å²) in [5, 5.41) is 28.1. The summed E-state index contributed by atoms with van der Waals surface area (Å²) in [7, 11) is 1.74. The normalized spacial score (nSPS) is 14.8. The second-order valence-electron chi connectivity index (χ2n) is 8.92. The number of hydrogen-bond donors (Lipinski definition) is 2. The van der Waals surface area contributed by atoms with Crippen LogP contribution in [0.4, 0.5) is 5.69 Å². The van der Waals surface area contributed by atoms with Gasteiger partial charge in [-0.1, -0.05) is 11.6 Å². The van der Waals surface area contributed by atoms with Gasteiger partial charge in [-0.15, -0.1) is 5.10 Å². The molecule has 198 valence electrons. The number of carbonyl (C=O) groups excluding carboxylic acids is 2. The number of hydrogen-bond acceptors (Lipinski definition) is 7. The molecule has 12 nitrogen and oxygen atoms in total. The Morgan fingerprint density at radius 3 is 2.62 bits per heavy atom. The van der Waals surface area contributed by atoms with Crippen molar-refractivity contribution in [3.8, 4) is 5.69 Å². The number of tetrazole rings is 1. The number of carbonyl (C=O) groups is 3. The van der Waals surface area contributed by atoms with Gasteiger partial charge in [0.25, 0.3) is 5.91 Å². The summed E-state index contributed by atoms with van der Waals surface area (Å²) in [4.78, 5) is 39.8. The van der Waals surface area contributed by atoms with Gasteiger partial charge in [0, 0.05) is 41.5 Å². The maximum atomic E-state index is 13.6. The summed E-state index contributed by atoms with van der Waals surface area (Å²) in [6.45, 7) is 2.17. The Balaban J connectivity index is 1.46. The van der Waals surface area contributed by atoms with E-state index < -0.39 is 17.9 Å². The van der Waals surface area contributed by atoms with E-state index in [1.54, 1.807) is 36.0 Å². The highest BCUT2D eigenvalue weighted by molar-refractivity contribution is 6.30. The lowest BCUT2D eigenvalue weighted by Gasteiger charge is -2.34. The highest BCUT2D eigenvalue weighted by atomic mass is 35.5. The lowest BCUT2D eigenvalue weighted by molar-refractivity contribution is -0.135. The van der Waals surface area contributed by atoms with E-state index in [1.165, 1.54) is 46.3 Å². The molecule has 2 amide bonds. The third-order valence-corrected chi connectivity index (χ3v) is 6.72. The molecular weight excluding hydrogens is 524 g/mol. The van der Waals surface area contributed by atoms with Crippen LogP contribution in [-0.4, -0.2) is 64.3 Å². The largest absolute Gasteiger partial charge is 0.478 e. The van der Waals surface area contributed by atoms with E-state index in [-0.39, 0.29) is 11.5 Å². The fourth-order valence-corrected chi connectivity index (χ4v) is 4.87. The standard InChI is InChI=1S/C26H23ClN8O4/c1-15-20-11-12-34(22(36)10-5-17-13-18(27)6-9-21(17)35-14-28-31-32-35)24(23(20)33(2)30-15)25(37)29-19-7-3-16(4-8-19)26(38)39/h3-10,13-14,24H,11-12H2,1-2H3,(H,29,37)(H,38,39). The van der Waals surface area contributed by atoms with E-state index >= 15 is 0 Å². The predicted molar refractivity (Wildman–Crippen MR) is 141 cm³/mol. The maximum absolute atomic E-state index is 13.6. The number of amides is 2. The van der Waals surface area contributed by atoms with Crippen molar-refractivity contribution in [2.75, 3.05) is 11.9 Å². The molecule has 0 radical (unpaired) electrons. The van der Waals surface area contributed by atoms with Crippen molar-refractivity contribution in [1.82, 2.24) is 34.9 Å². The lowest BCUT2D eigenvalue weighted by Crippen LogP contribution is -2.45. The fourth-order valence-electron chi connectivity index (χ4n) is 4.69. The summed E-state index contributed by atoms with van der Waals surface area (Å²) in [6.07, 6.45) is 4.96. The Bertz CT molecular complexity index is 1590. The summed E-state index contributed by atoms with van der Waals surface area (Å²) < 4.78 is 3.08. The van der Waals surface area contributed by atoms with Crippen LogP contribution in [0.2, 0.25) is 5.02 Å². The highest BCUT2D eigenvalue weighted by Gasteiger charge is 2.39. The van der Waals surface area contributed by atoms with E-state index in [9.17, 15) is 14.4 Å². The molecule has 0 saturated heterocycles. The summed E-state index contributed by atoms with van der Waals surface area (Å²) in [5.41, 5.74) is 4.07. The first-order valence-corrected chi connectivity index (χ1v) is 12.3. The van der Waals surface area contributed by atoms with Crippen molar-refractivity contribution < 1.29 is 19.5 Å². The monoisotopic (exact) mass is 546 g/mol. The van der Waals surface area contributed by atoms with Crippen LogP contribution >= 0.6 is 11.6 Å². The zero-order valence-corrected chi connectivity index (χ0v) is 21.7. The van der Waals surface area contributed by atoms with Crippen molar-refractivity contribution >= 4 is 41.1 Å². The second kappa shape index (κ2) is 10.5. The minimum Gasteiger partial charge on any atom is -0.478 e. The number of aryl methyl sites for hydroxylation is 2. The van der Waals surface area contributed by atoms with Crippen LogP contribution in [-0.2, 0) is 23.1 Å². The number of nitrogens with one attached hydrogen (secondary N) is 1. The molecule has 1 aliphatic rings. The SMILES string of the molecule is Cc1nn(C)c2c1CCN(C(=O)C=Cc1cc(Cl)ccc1-n1cnnn1)C2C(=O)Nc1ccc(C(=O)O)cc1. The van der Waals surface area contributed by atoms with E-state index in [0.29, 0.717) is 40.6 Å². The van der Waals surface area contributed by atoms with Crippen LogP contribution in [0.1, 0.15) is 38.9 Å². The van der Waals surface area contributed by atoms with E-state index in [4.69, 9.17) is 16.7 Å². The third-order valence-electron chi connectivity index (χ3n) is 6.49. The maximum Gasteiger partial charge on any atom is 0.335 e. The number of aromatic carboxylic acids is 1. The number of benzene rings is 2. The average molecular weight is 547 g/mol. The molecule has 4 aromatic rings. The van der Waals surface area contributed by atoms with Crippen molar-refractivity contribution in [2.24, 2.45) is 7.05 Å². The minimum absolute atomic E-state index is 0.0965. The quantitative estimate of drug-likeness (QED) is 0.351. The summed E-state index contributed by atoms with van der Waals surface area (Å²) in [6, 6.07) is 9.96. The molecule has 2 N–H and O–H groups in total. The molecule has 0 bridgehead atoms. The summed E-state index contributed by atoms with van der Waals surface area (Å²) in [5.74, 6) is -1.90. The highest BCUT2D eigenvalue weighted by Crippen LogP contribution is 2.33. The number of halogens is 1. The van der Waals surface area contributed by atoms with Crippen molar-refractivity contribution in [3.63, 3.8) is 0 Å². The van der Waals surface area contributed by atoms with Crippen LogP contribution in [0.5, 0.6) is 0 Å². The molecule has 2 aromatic heterocycles. The zero-order chi connectivity index (χ0) is 27.7. The molecule has 1 unspecified atom stereocenters. The number of anilines is 1. The van der Waals surface area contributed by atoms with Crippen molar-refractivity contribution in [3.05, 3.63) is 88.0 Å². The first kappa shape index (κ1) is 25.8. The molecule has 39 heavy (non-hydrogen) atoms. The lowest BCUT2D eigenvalue weighted by atomic mass is 9.96. The van der Waals surface area contributed by atoms with Gasteiger partial charge in [0.1, 0.15) is 6.33 Å². The molecule has 5 rings (SSSR count). The number of fused-ring (bicyclic) bond motifs is 1. The van der Waals surface area contributed by atoms with Gasteiger partial charge >= 0.3 is 5.97 Å². The molecule has 3 heterocycles. The first-order valence-electron chi connectivity index (χ1n) is 11.9. The molecule has 0 saturated carbocycles. The van der Waals surface area contributed by atoms with E-state index in [2.05, 4.69) is 25.9 Å². The molecule has 2 aromatic carbocycles. The Morgan fingerprint density at radius 1 is 1.15 bits per heavy atom. The van der Waals surface area contributed by atoms with Crippen molar-refractivity contribution in [2.45, 2.75) is 19.4 Å². The summed E-state index contributed by atoms with van der Waals surface area (Å²) >= 11 is 6.20. The molecule has 1 atom stereocenters. The van der Waals surface area contributed by atoms with Gasteiger partial charge in [-0.3, -0.25) is 14.3 Å². The van der Waals surface area contributed by atoms with Gasteiger partial charge in [-0.25, -0.2) is 4.79 Å². The second-order valence-corrected chi connectivity index (χ2v) is 9.36. The van der Waals surface area contributed by atoms with Crippen LogP contribution in [0.15, 0.2) is 54.9 Å². The van der Waals surface area contributed by atoms with Gasteiger partial charge < -0.3 is 15.3 Å². The van der Waals surface area contributed by atoms with E-state index in [0.717, 1.165) is 11.3 Å². The molecule has 1 aliphatic heterocycles. The van der Waals surface area contributed by atoms with Gasteiger partial charge in [0.2, 0.25) is 5.91 Å². The Morgan fingerprint density at radius 2 is 1.92 bits per heavy atom. The average Bonchev–Trinajstić information content (AvgIpc) is 3.55. The number of carboxylic acid groups (broad SMARTS) is 1. The Labute approximate surface area is 227 Å². The van der Waals surface area contributed by atoms with Gasteiger partial charge in [-0.05, 0) is 72.3 Å². The van der Waals surface area contributed by atoms with Gasteiger partial charge in [0.05, 0.1) is 22.6 Å². The first-order chi connectivity index (χ1) is 18.7. The minimum atomic E-state index is -1.07. The van der Waals surface area contributed by atoms with Crippen LogP contribution in [0.3, 0.4) is 0 Å². The van der Waals surface area contributed by atoms with Gasteiger partial charge in [-0.2, -0.15) is 9.78 Å². The van der Waals surface area contributed by atoms with Crippen LogP contribution in [0.25, 0.3) is 11.8 Å². The molecule has 0 aliphatic carbocycles. The van der Waals surface area contributed by atoms with Gasteiger partial charge in [0.15, 0.2) is 6.04 Å². The number of rotatable bonds is 6. The molecule has 13 heteroatoms. The third kappa shape index (κ3) is 5.14. The number of aromatic nitrogens is 6. The number of carboxylic acids is 1. The predicted octanol–water partition coefficient (Wildman–Crippen LogP) is 2.83. The molecular formula is C26H23ClN8O4. The Hall–Kier alpha value is -4.84. The smallest absolute Gasteiger partial charge is 0.335 e. The Kier molecular flexibility index (Phi) is 6.94. The zero-order valence-electron chi connectivity index (χ0n) is 20.9. The number of nitrogens with zero attached hydrogens (tertiary/aromatic N) is 7. The fraction of sp³-hybridized carbons (Fsp3) is 0.192. The van der Waals surface area contributed by atoms with Crippen LogP contribution in [0, 0.1) is 6.92 Å². The van der Waals surface area contributed by atoms with E-state index in [1.807, 2.05) is 6.92 Å². The van der Waals surface area contributed by atoms with Crippen LogP contribution < -0.4 is 5.32 Å². The molecule has 0 spiro atoms. The van der Waals surface area contributed by atoms with Crippen molar-refractivity contribution in [1.29, 1.82) is 0 Å².